The molecule has 2 aromatic carbocycles. The molecule has 0 saturated carbocycles. The molecule has 4 rings (SSSR count). The topological polar surface area (TPSA) is 84.9 Å². The van der Waals surface area contributed by atoms with Crippen LogP contribution in [0, 0.1) is 0 Å². The van der Waals surface area contributed by atoms with E-state index >= 15 is 0 Å². The first kappa shape index (κ1) is 18.5. The van der Waals surface area contributed by atoms with Crippen molar-refractivity contribution in [3.8, 4) is 11.5 Å². The van der Waals surface area contributed by atoms with Gasteiger partial charge in [-0.15, -0.1) is 0 Å². The molecular weight excluding hydrogens is 393 g/mol. The Labute approximate surface area is 161 Å². The number of alkyl halides is 3. The van der Waals surface area contributed by atoms with E-state index in [2.05, 4.69) is 0 Å². The number of benzene rings is 2. The van der Waals surface area contributed by atoms with Gasteiger partial charge in [0.1, 0.15) is 5.57 Å². The molecule has 0 bridgehead atoms. The molecule has 0 unspecified atom stereocenters. The summed E-state index contributed by atoms with van der Waals surface area (Å²) < 4.78 is 48.4. The third kappa shape index (κ3) is 3.40. The Hall–Kier alpha value is -3.82. The highest BCUT2D eigenvalue weighted by Crippen LogP contribution is 2.36. The summed E-state index contributed by atoms with van der Waals surface area (Å²) in [6, 6.07) is 7.31. The predicted octanol–water partition coefficient (Wildman–Crippen LogP) is 3.10. The van der Waals surface area contributed by atoms with Crippen LogP contribution in [0.2, 0.25) is 0 Å². The van der Waals surface area contributed by atoms with Crippen LogP contribution in [0.4, 0.5) is 23.7 Å². The van der Waals surface area contributed by atoms with E-state index in [1.165, 1.54) is 18.2 Å². The Morgan fingerprint density at radius 2 is 1.66 bits per heavy atom. The Bertz CT molecular complexity index is 1060. The Kier molecular flexibility index (Phi) is 4.26. The zero-order valence-corrected chi connectivity index (χ0v) is 14.4. The fourth-order valence-corrected chi connectivity index (χ4v) is 2.85. The van der Waals surface area contributed by atoms with Crippen molar-refractivity contribution in [2.45, 2.75) is 6.18 Å². The number of urea groups is 1. The summed E-state index contributed by atoms with van der Waals surface area (Å²) in [7, 11) is 0. The molecule has 1 N–H and O–H groups in total. The second-order valence-electron chi connectivity index (χ2n) is 6.12. The van der Waals surface area contributed by atoms with E-state index in [0.29, 0.717) is 11.5 Å². The third-order valence-corrected chi connectivity index (χ3v) is 4.27. The molecule has 7 nitrogen and oxygen atoms in total. The monoisotopic (exact) mass is 404 g/mol. The Morgan fingerprint density at radius 3 is 2.34 bits per heavy atom. The fraction of sp³-hybridized carbons (Fsp3) is 0.105. The zero-order valence-electron chi connectivity index (χ0n) is 14.4. The van der Waals surface area contributed by atoms with Gasteiger partial charge in [0.2, 0.25) is 6.79 Å². The van der Waals surface area contributed by atoms with E-state index in [1.54, 1.807) is 0 Å². The van der Waals surface area contributed by atoms with E-state index < -0.39 is 35.2 Å². The summed E-state index contributed by atoms with van der Waals surface area (Å²) in [5.41, 5.74) is -0.933. The zero-order chi connectivity index (χ0) is 20.8. The normalized spacial score (nSPS) is 17.7. The summed E-state index contributed by atoms with van der Waals surface area (Å²) in [6.07, 6.45) is -3.39. The lowest BCUT2D eigenvalue weighted by atomic mass is 10.1. The summed E-state index contributed by atoms with van der Waals surface area (Å²) >= 11 is 0. The van der Waals surface area contributed by atoms with Crippen molar-refractivity contribution in [3.05, 3.63) is 59.2 Å². The molecule has 29 heavy (non-hydrogen) atoms. The summed E-state index contributed by atoms with van der Waals surface area (Å²) in [4.78, 5) is 37.9. The SMILES string of the molecule is O=C1NC(=O)N(c2ccc3c(c2)OCO3)C(=O)/C1=C/c1ccc(C(F)(F)F)cc1. The second-order valence-corrected chi connectivity index (χ2v) is 6.12. The van der Waals surface area contributed by atoms with Crippen LogP contribution < -0.4 is 19.7 Å². The number of rotatable bonds is 2. The second kappa shape index (κ2) is 6.66. The van der Waals surface area contributed by atoms with E-state index in [4.69, 9.17) is 9.47 Å². The van der Waals surface area contributed by atoms with Crippen LogP contribution in [0.15, 0.2) is 48.0 Å². The number of imide groups is 2. The molecular formula is C19H11F3N2O5. The highest BCUT2D eigenvalue weighted by Gasteiger charge is 2.37. The fourth-order valence-electron chi connectivity index (χ4n) is 2.85. The van der Waals surface area contributed by atoms with Gasteiger partial charge >= 0.3 is 12.2 Å². The van der Waals surface area contributed by atoms with Crippen LogP contribution in [-0.4, -0.2) is 24.6 Å². The third-order valence-electron chi connectivity index (χ3n) is 4.27. The van der Waals surface area contributed by atoms with Gasteiger partial charge in [0.25, 0.3) is 11.8 Å². The van der Waals surface area contributed by atoms with Crippen LogP contribution in [0.1, 0.15) is 11.1 Å². The molecule has 2 aliphatic heterocycles. The molecule has 10 heteroatoms. The van der Waals surface area contributed by atoms with E-state index in [1.807, 2.05) is 5.32 Å². The highest BCUT2D eigenvalue weighted by atomic mass is 19.4. The molecule has 0 aliphatic carbocycles. The number of halogens is 3. The lowest BCUT2D eigenvalue weighted by Gasteiger charge is -2.26. The van der Waals surface area contributed by atoms with Crippen LogP contribution >= 0.6 is 0 Å². The van der Waals surface area contributed by atoms with Gasteiger partial charge in [0.05, 0.1) is 11.3 Å². The molecule has 2 aromatic rings. The van der Waals surface area contributed by atoms with Gasteiger partial charge in [-0.25, -0.2) is 9.69 Å². The van der Waals surface area contributed by atoms with E-state index in [9.17, 15) is 27.6 Å². The number of ether oxygens (including phenoxy) is 2. The number of barbiturate groups is 1. The Balaban J connectivity index is 1.67. The van der Waals surface area contributed by atoms with Gasteiger partial charge in [-0.1, -0.05) is 12.1 Å². The van der Waals surface area contributed by atoms with Gasteiger partial charge in [0.15, 0.2) is 11.5 Å². The van der Waals surface area contributed by atoms with Crippen LogP contribution in [0.3, 0.4) is 0 Å². The largest absolute Gasteiger partial charge is 0.454 e. The first-order valence-corrected chi connectivity index (χ1v) is 8.22. The molecule has 0 atom stereocenters. The summed E-state index contributed by atoms with van der Waals surface area (Å²) in [5.74, 6) is -1.10. The molecule has 1 fully saturated rings. The molecule has 148 valence electrons. The Morgan fingerprint density at radius 1 is 0.966 bits per heavy atom. The average molecular weight is 404 g/mol. The lowest BCUT2D eigenvalue weighted by Crippen LogP contribution is -2.54. The lowest BCUT2D eigenvalue weighted by molar-refractivity contribution is -0.137. The van der Waals surface area contributed by atoms with Crippen molar-refractivity contribution in [2.24, 2.45) is 0 Å². The first-order valence-electron chi connectivity index (χ1n) is 8.22. The minimum atomic E-state index is -4.51. The van der Waals surface area contributed by atoms with Gasteiger partial charge in [-0.05, 0) is 35.9 Å². The number of amides is 4. The van der Waals surface area contributed by atoms with Crippen molar-refractivity contribution in [2.75, 3.05) is 11.7 Å². The molecule has 2 heterocycles. The quantitative estimate of drug-likeness (QED) is 0.614. The number of carbonyl (C=O) groups is 3. The number of hydrogen-bond acceptors (Lipinski definition) is 5. The minimum Gasteiger partial charge on any atom is -0.454 e. The maximum absolute atomic E-state index is 12.8. The average Bonchev–Trinajstić information content (AvgIpc) is 3.12. The standard InChI is InChI=1S/C19H11F3N2O5/c20-19(21,22)11-3-1-10(2-4-11)7-13-16(25)23-18(27)24(17(13)26)12-5-6-14-15(8-12)29-9-28-14/h1-8H,9H2,(H,23,25,27)/b13-7+. The van der Waals surface area contributed by atoms with Crippen molar-refractivity contribution in [1.29, 1.82) is 0 Å². The number of hydrogen-bond donors (Lipinski definition) is 1. The van der Waals surface area contributed by atoms with E-state index in [0.717, 1.165) is 35.2 Å². The summed E-state index contributed by atoms with van der Waals surface area (Å²) in [6.45, 7) is -0.00348. The minimum absolute atomic E-state index is 0.00348. The first-order chi connectivity index (χ1) is 13.7. The number of nitrogens with one attached hydrogen (secondary N) is 1. The maximum Gasteiger partial charge on any atom is 0.416 e. The van der Waals surface area contributed by atoms with Crippen molar-refractivity contribution in [3.63, 3.8) is 0 Å². The number of anilines is 1. The molecule has 2 aliphatic rings. The van der Waals surface area contributed by atoms with Crippen molar-refractivity contribution >= 4 is 29.6 Å². The van der Waals surface area contributed by atoms with Gasteiger partial charge in [0, 0.05) is 6.07 Å². The smallest absolute Gasteiger partial charge is 0.416 e. The molecule has 0 radical (unpaired) electrons. The number of nitrogens with zero attached hydrogens (tertiary/aromatic N) is 1. The van der Waals surface area contributed by atoms with Crippen molar-refractivity contribution in [1.82, 2.24) is 5.32 Å². The molecule has 4 amide bonds. The molecule has 0 aromatic heterocycles. The van der Waals surface area contributed by atoms with Crippen LogP contribution in [0.5, 0.6) is 11.5 Å². The van der Waals surface area contributed by atoms with Gasteiger partial charge in [-0.3, -0.25) is 14.9 Å². The van der Waals surface area contributed by atoms with Gasteiger partial charge in [-0.2, -0.15) is 13.2 Å². The van der Waals surface area contributed by atoms with Gasteiger partial charge < -0.3 is 9.47 Å². The van der Waals surface area contributed by atoms with Crippen LogP contribution in [-0.2, 0) is 15.8 Å². The molecule has 1 saturated heterocycles. The van der Waals surface area contributed by atoms with Crippen molar-refractivity contribution < 1.29 is 37.0 Å². The van der Waals surface area contributed by atoms with E-state index in [-0.39, 0.29) is 18.0 Å². The highest BCUT2D eigenvalue weighted by molar-refractivity contribution is 6.39. The maximum atomic E-state index is 12.8. The number of carbonyl (C=O) groups excluding carboxylic acids is 3. The molecule has 0 spiro atoms. The number of fused-ring (bicyclic) bond motifs is 1. The van der Waals surface area contributed by atoms with Crippen LogP contribution in [0.25, 0.3) is 6.08 Å². The predicted molar refractivity (Wildman–Crippen MR) is 93.0 cm³/mol. The summed E-state index contributed by atoms with van der Waals surface area (Å²) in [5, 5.41) is 2.04.